The molecule has 1 amide bonds. The molecule has 0 fully saturated rings. The summed E-state index contributed by atoms with van der Waals surface area (Å²) in [4.78, 5) is 23.9. The molecule has 1 atom stereocenters. The molecular formula is C20H22F3N5O2. The summed E-state index contributed by atoms with van der Waals surface area (Å²) in [5.41, 5.74) is 6.01. The first-order valence-corrected chi connectivity index (χ1v) is 9.17. The van der Waals surface area contributed by atoms with Gasteiger partial charge >= 0.3 is 6.18 Å². The summed E-state index contributed by atoms with van der Waals surface area (Å²) < 4.78 is 44.0. The van der Waals surface area contributed by atoms with Crippen molar-refractivity contribution in [2.75, 3.05) is 13.7 Å². The molecule has 0 aromatic carbocycles. The summed E-state index contributed by atoms with van der Waals surface area (Å²) in [6.07, 6.45) is 1.67. The highest BCUT2D eigenvalue weighted by molar-refractivity contribution is 5.94. The molecule has 0 bridgehead atoms. The van der Waals surface area contributed by atoms with Crippen LogP contribution in [0.15, 0.2) is 36.9 Å². The third-order valence-corrected chi connectivity index (χ3v) is 5.07. The maximum absolute atomic E-state index is 12.9. The van der Waals surface area contributed by atoms with Gasteiger partial charge in [0.05, 0.1) is 19.9 Å². The number of rotatable bonds is 7. The van der Waals surface area contributed by atoms with E-state index < -0.39 is 30.1 Å². The van der Waals surface area contributed by atoms with Crippen LogP contribution in [0, 0.1) is 5.92 Å². The van der Waals surface area contributed by atoms with Crippen LogP contribution in [0.5, 0.6) is 5.75 Å². The van der Waals surface area contributed by atoms with E-state index in [0.717, 1.165) is 5.39 Å². The van der Waals surface area contributed by atoms with Gasteiger partial charge in [-0.2, -0.15) is 13.2 Å². The van der Waals surface area contributed by atoms with Crippen LogP contribution in [-0.4, -0.2) is 40.7 Å². The lowest BCUT2D eigenvalue weighted by molar-refractivity contribution is -0.139. The number of methoxy groups -OCH3 is 1. The molecule has 0 saturated carbocycles. The number of carbonyl (C=O) groups excluding carboxylic acids is 1. The molecule has 0 radical (unpaired) electrons. The second kappa shape index (κ2) is 7.94. The summed E-state index contributed by atoms with van der Waals surface area (Å²) in [5, 5.41) is 3.08. The van der Waals surface area contributed by atoms with Crippen molar-refractivity contribution in [3.8, 4) is 16.9 Å². The highest BCUT2D eigenvalue weighted by Gasteiger charge is 2.44. The highest BCUT2D eigenvalue weighted by Crippen LogP contribution is 2.35. The molecule has 3 rings (SSSR count). The second-order valence-electron chi connectivity index (χ2n) is 7.23. The zero-order valence-electron chi connectivity index (χ0n) is 16.7. The summed E-state index contributed by atoms with van der Waals surface area (Å²) in [5.74, 6) is -0.935. The van der Waals surface area contributed by atoms with Crippen molar-refractivity contribution in [1.29, 1.82) is 0 Å². The number of nitrogens with two attached hydrogens (primary N) is 1. The molecule has 0 aliphatic rings. The number of carbonyl (C=O) groups is 1. The van der Waals surface area contributed by atoms with Gasteiger partial charge in [-0.15, -0.1) is 0 Å². The number of nitrogens with one attached hydrogen (secondary N) is 2. The van der Waals surface area contributed by atoms with Crippen LogP contribution in [0.2, 0.25) is 0 Å². The van der Waals surface area contributed by atoms with Crippen LogP contribution in [0.4, 0.5) is 13.2 Å². The van der Waals surface area contributed by atoms with E-state index in [4.69, 9.17) is 10.5 Å². The number of fused-ring (bicyclic) bond motifs is 1. The molecule has 0 unspecified atom stereocenters. The molecular weight excluding hydrogens is 399 g/mol. The zero-order chi connectivity index (χ0) is 22.1. The van der Waals surface area contributed by atoms with Gasteiger partial charge in [0.15, 0.2) is 0 Å². The second-order valence-corrected chi connectivity index (χ2v) is 7.23. The van der Waals surface area contributed by atoms with E-state index in [1.54, 1.807) is 44.6 Å². The molecule has 0 saturated heterocycles. The van der Waals surface area contributed by atoms with Crippen molar-refractivity contribution in [3.05, 3.63) is 42.5 Å². The lowest BCUT2D eigenvalue weighted by atomic mass is 9.79. The molecule has 7 nitrogen and oxygen atoms in total. The number of halogens is 3. The van der Waals surface area contributed by atoms with Crippen LogP contribution in [0.3, 0.4) is 0 Å². The zero-order valence-corrected chi connectivity index (χ0v) is 16.7. The minimum absolute atomic E-state index is 0.247. The van der Waals surface area contributed by atoms with Gasteiger partial charge < -0.3 is 15.5 Å². The molecule has 0 spiro atoms. The number of hydrogen-bond acceptors (Lipinski definition) is 5. The fourth-order valence-corrected chi connectivity index (χ4v) is 3.53. The predicted molar refractivity (Wildman–Crippen MR) is 106 cm³/mol. The lowest BCUT2D eigenvalue weighted by Crippen LogP contribution is -2.58. The van der Waals surface area contributed by atoms with Crippen molar-refractivity contribution in [2.45, 2.75) is 25.6 Å². The molecule has 3 aromatic rings. The van der Waals surface area contributed by atoms with Gasteiger partial charge in [0.2, 0.25) is 5.91 Å². The Bertz CT molecular complexity index is 1060. The Morgan fingerprint density at radius 2 is 2.00 bits per heavy atom. The monoisotopic (exact) mass is 421 g/mol. The average Bonchev–Trinajstić information content (AvgIpc) is 3.10. The van der Waals surface area contributed by atoms with Crippen molar-refractivity contribution in [2.24, 2.45) is 11.7 Å². The number of ether oxygens (including phenoxy) is 1. The van der Waals surface area contributed by atoms with Crippen LogP contribution in [0.1, 0.15) is 19.4 Å². The highest BCUT2D eigenvalue weighted by atomic mass is 19.4. The van der Waals surface area contributed by atoms with Gasteiger partial charge in [-0.05, 0) is 18.1 Å². The third kappa shape index (κ3) is 3.95. The van der Waals surface area contributed by atoms with Crippen LogP contribution in [-0.2, 0) is 10.3 Å². The van der Waals surface area contributed by atoms with Gasteiger partial charge in [0.25, 0.3) is 0 Å². The topological polar surface area (TPSA) is 106 Å². The summed E-state index contributed by atoms with van der Waals surface area (Å²) in [6.45, 7) is 1.88. The first-order valence-electron chi connectivity index (χ1n) is 9.17. The number of aromatic amines is 1. The summed E-state index contributed by atoms with van der Waals surface area (Å²) in [6, 6.07) is 3.40. The molecule has 10 heteroatoms. The number of H-pyrrole nitrogens is 1. The standard InChI is InChI=1S/C20H22F3N5O2/c1-11(2)20(18(24)29,28-10-19(21,22)23)13-4-12(6-25-7-13)16-9-27-17-15(16)5-14(30-3)8-26-17/h4-9,11,28H,10H2,1-3H3,(H2,24,29)(H,26,27)/t20-/m0/s1. The Balaban J connectivity index is 2.13. The van der Waals surface area contributed by atoms with Crippen molar-refractivity contribution in [3.63, 3.8) is 0 Å². The van der Waals surface area contributed by atoms with E-state index in [9.17, 15) is 18.0 Å². The van der Waals surface area contributed by atoms with Gasteiger partial charge in [-0.3, -0.25) is 15.1 Å². The molecule has 30 heavy (non-hydrogen) atoms. The Morgan fingerprint density at radius 1 is 1.27 bits per heavy atom. The van der Waals surface area contributed by atoms with Crippen LogP contribution < -0.4 is 15.8 Å². The summed E-state index contributed by atoms with van der Waals surface area (Å²) in [7, 11) is 1.52. The van der Waals surface area contributed by atoms with Crippen molar-refractivity contribution < 1.29 is 22.7 Å². The molecule has 0 aliphatic carbocycles. The number of aromatic nitrogens is 3. The minimum Gasteiger partial charge on any atom is -0.495 e. The Kier molecular flexibility index (Phi) is 5.71. The van der Waals surface area contributed by atoms with Crippen molar-refractivity contribution in [1.82, 2.24) is 20.3 Å². The van der Waals surface area contributed by atoms with Crippen LogP contribution in [0.25, 0.3) is 22.2 Å². The number of nitrogens with zero attached hydrogens (tertiary/aromatic N) is 2. The van der Waals surface area contributed by atoms with Gasteiger partial charge in [0.1, 0.15) is 16.9 Å². The van der Waals surface area contributed by atoms with E-state index in [1.165, 1.54) is 13.3 Å². The van der Waals surface area contributed by atoms with E-state index in [1.807, 2.05) is 0 Å². The van der Waals surface area contributed by atoms with Crippen molar-refractivity contribution >= 4 is 16.9 Å². The molecule has 4 N–H and O–H groups in total. The molecule has 3 heterocycles. The summed E-state index contributed by atoms with van der Waals surface area (Å²) >= 11 is 0. The Hall–Kier alpha value is -3.14. The van der Waals surface area contributed by atoms with E-state index in [0.29, 0.717) is 22.5 Å². The number of amides is 1. The first-order chi connectivity index (χ1) is 14.1. The predicted octanol–water partition coefficient (Wildman–Crippen LogP) is 3.12. The van der Waals surface area contributed by atoms with Gasteiger partial charge in [0, 0.05) is 40.7 Å². The number of hydrogen-bond donors (Lipinski definition) is 3. The van der Waals surface area contributed by atoms with E-state index in [-0.39, 0.29) is 5.56 Å². The normalized spacial score (nSPS) is 14.1. The lowest BCUT2D eigenvalue weighted by Gasteiger charge is -2.36. The van der Waals surface area contributed by atoms with Gasteiger partial charge in [-0.25, -0.2) is 4.98 Å². The van der Waals surface area contributed by atoms with E-state index >= 15 is 0 Å². The third-order valence-electron chi connectivity index (χ3n) is 5.07. The number of primary amides is 1. The fraction of sp³-hybridized carbons (Fsp3) is 0.350. The van der Waals surface area contributed by atoms with Crippen LogP contribution >= 0.6 is 0 Å². The number of alkyl halides is 3. The first kappa shape index (κ1) is 21.6. The average molecular weight is 421 g/mol. The Labute approximate surface area is 170 Å². The molecule has 160 valence electrons. The molecule has 3 aromatic heterocycles. The quantitative estimate of drug-likeness (QED) is 0.544. The number of pyridine rings is 2. The smallest absolute Gasteiger partial charge is 0.401 e. The SMILES string of the molecule is COc1cnc2[nH]cc(-c3cncc([C@](NCC(F)(F)F)(C(N)=O)C(C)C)c3)c2c1. The maximum atomic E-state index is 12.9. The Morgan fingerprint density at radius 3 is 2.60 bits per heavy atom. The fourth-order valence-electron chi connectivity index (χ4n) is 3.53. The minimum atomic E-state index is -4.51. The largest absolute Gasteiger partial charge is 0.495 e. The van der Waals surface area contributed by atoms with Gasteiger partial charge in [-0.1, -0.05) is 13.8 Å². The molecule has 0 aliphatic heterocycles. The van der Waals surface area contributed by atoms with E-state index in [2.05, 4.69) is 20.3 Å². The maximum Gasteiger partial charge on any atom is 0.401 e.